The maximum atomic E-state index is 13.0. The minimum absolute atomic E-state index is 0.165. The monoisotopic (exact) mass is 382 g/mol. The second-order valence-corrected chi connectivity index (χ2v) is 7.96. The van der Waals surface area contributed by atoms with Crippen LogP contribution in [0.15, 0.2) is 17.5 Å². The van der Waals surface area contributed by atoms with Crippen LogP contribution in [0.5, 0.6) is 0 Å². The van der Waals surface area contributed by atoms with E-state index in [0.717, 1.165) is 51.5 Å². The van der Waals surface area contributed by atoms with Crippen LogP contribution in [0.25, 0.3) is 0 Å². The zero-order valence-electron chi connectivity index (χ0n) is 14.6. The van der Waals surface area contributed by atoms with Gasteiger partial charge in [0.05, 0.1) is 0 Å². The first-order valence-corrected chi connectivity index (χ1v) is 9.75. The summed E-state index contributed by atoms with van der Waals surface area (Å²) in [5.41, 5.74) is 0.577. The third-order valence-electron chi connectivity index (χ3n) is 5.26. The fourth-order valence-corrected chi connectivity index (χ4v) is 4.79. The number of aromatic nitrogens is 2. The molecule has 2 aromatic heterocycles. The molecule has 1 fully saturated rings. The van der Waals surface area contributed by atoms with Gasteiger partial charge in [0.2, 0.25) is 0 Å². The highest BCUT2D eigenvalue weighted by Gasteiger charge is 2.34. The third kappa shape index (κ3) is 3.57. The highest BCUT2D eigenvalue weighted by atomic mass is 32.1. The number of fused-ring (bicyclic) bond motifs is 1. The average molecular weight is 382 g/mol. The maximum Gasteiger partial charge on any atom is 0.433 e. The van der Waals surface area contributed by atoms with Crippen molar-refractivity contribution < 1.29 is 13.2 Å². The number of piperidine rings is 1. The topological polar surface area (TPSA) is 32.3 Å². The standard InChI is InChI=1S/C18H21F3N4S/c1-12-22-16(18(19,20)21)10-17(23-12)24-6-2-14(3-7-24)25-8-4-15-13(11-25)5-9-26-15/h5,9-10,14H,2-4,6-8,11H2,1H3. The molecule has 2 aromatic rings. The Morgan fingerprint density at radius 3 is 2.65 bits per heavy atom. The fourth-order valence-electron chi connectivity index (χ4n) is 3.90. The minimum atomic E-state index is -4.44. The quantitative estimate of drug-likeness (QED) is 0.789. The molecule has 4 heterocycles. The van der Waals surface area contributed by atoms with Crippen LogP contribution in [0.3, 0.4) is 0 Å². The van der Waals surface area contributed by atoms with Crippen molar-refractivity contribution in [2.75, 3.05) is 24.5 Å². The van der Waals surface area contributed by atoms with Crippen molar-refractivity contribution in [1.29, 1.82) is 0 Å². The summed E-state index contributed by atoms with van der Waals surface area (Å²) in [5, 5.41) is 2.16. The second-order valence-electron chi connectivity index (χ2n) is 6.96. The molecule has 2 aliphatic heterocycles. The molecule has 0 bridgehead atoms. The van der Waals surface area contributed by atoms with E-state index < -0.39 is 11.9 Å². The number of aryl methyl sites for hydroxylation is 1. The van der Waals surface area contributed by atoms with Crippen LogP contribution in [0, 0.1) is 6.92 Å². The Balaban J connectivity index is 1.42. The molecule has 140 valence electrons. The van der Waals surface area contributed by atoms with Crippen molar-refractivity contribution >= 4 is 17.2 Å². The molecule has 1 saturated heterocycles. The summed E-state index contributed by atoms with van der Waals surface area (Å²) >= 11 is 1.84. The van der Waals surface area contributed by atoms with Gasteiger partial charge < -0.3 is 4.90 Å². The van der Waals surface area contributed by atoms with E-state index in [1.54, 1.807) is 0 Å². The second kappa shape index (κ2) is 6.81. The third-order valence-corrected chi connectivity index (χ3v) is 6.28. The number of halogens is 3. The lowest BCUT2D eigenvalue weighted by Gasteiger charge is -2.40. The van der Waals surface area contributed by atoms with Crippen LogP contribution in [-0.4, -0.2) is 40.5 Å². The number of alkyl halides is 3. The van der Waals surface area contributed by atoms with Crippen molar-refractivity contribution in [3.8, 4) is 0 Å². The molecule has 26 heavy (non-hydrogen) atoms. The van der Waals surface area contributed by atoms with E-state index in [2.05, 4.69) is 26.3 Å². The largest absolute Gasteiger partial charge is 0.433 e. The molecule has 8 heteroatoms. The van der Waals surface area contributed by atoms with E-state index in [1.807, 2.05) is 16.2 Å². The van der Waals surface area contributed by atoms with Gasteiger partial charge in [-0.2, -0.15) is 13.2 Å². The summed E-state index contributed by atoms with van der Waals surface area (Å²) in [6, 6.07) is 3.78. The highest BCUT2D eigenvalue weighted by Crippen LogP contribution is 2.32. The van der Waals surface area contributed by atoms with Gasteiger partial charge in [-0.1, -0.05) is 0 Å². The highest BCUT2D eigenvalue weighted by molar-refractivity contribution is 7.10. The van der Waals surface area contributed by atoms with Crippen molar-refractivity contribution in [2.24, 2.45) is 0 Å². The molecule has 0 aromatic carbocycles. The van der Waals surface area contributed by atoms with Gasteiger partial charge in [-0.15, -0.1) is 11.3 Å². The molecule has 0 radical (unpaired) electrons. The lowest BCUT2D eigenvalue weighted by atomic mass is 9.99. The van der Waals surface area contributed by atoms with Crippen molar-refractivity contribution in [3.05, 3.63) is 39.5 Å². The number of hydrogen-bond donors (Lipinski definition) is 0. The van der Waals surface area contributed by atoms with E-state index >= 15 is 0 Å². The first-order chi connectivity index (χ1) is 12.4. The van der Waals surface area contributed by atoms with E-state index in [0.29, 0.717) is 11.9 Å². The van der Waals surface area contributed by atoms with E-state index in [4.69, 9.17) is 0 Å². The Morgan fingerprint density at radius 2 is 1.92 bits per heavy atom. The van der Waals surface area contributed by atoms with Crippen LogP contribution in [0.2, 0.25) is 0 Å². The zero-order chi connectivity index (χ0) is 18.3. The van der Waals surface area contributed by atoms with Gasteiger partial charge in [0.1, 0.15) is 17.3 Å². The molecule has 0 amide bonds. The summed E-state index contributed by atoms with van der Waals surface area (Å²) in [4.78, 5) is 13.7. The van der Waals surface area contributed by atoms with Crippen LogP contribution in [0.1, 0.15) is 34.8 Å². The normalized spacial score (nSPS) is 19.6. The molecular weight excluding hydrogens is 361 g/mol. The van der Waals surface area contributed by atoms with E-state index in [9.17, 15) is 13.2 Å². The van der Waals surface area contributed by atoms with Gasteiger partial charge >= 0.3 is 6.18 Å². The van der Waals surface area contributed by atoms with Gasteiger partial charge in [-0.3, -0.25) is 4.90 Å². The number of nitrogens with zero attached hydrogens (tertiary/aromatic N) is 4. The van der Waals surface area contributed by atoms with Crippen LogP contribution >= 0.6 is 11.3 Å². The smallest absolute Gasteiger partial charge is 0.356 e. The molecular formula is C18H21F3N4S. The SMILES string of the molecule is Cc1nc(N2CCC(N3CCc4sccc4C3)CC2)cc(C(F)(F)F)n1. The predicted molar refractivity (Wildman–Crippen MR) is 95.4 cm³/mol. The van der Waals surface area contributed by atoms with Gasteiger partial charge in [-0.05, 0) is 43.2 Å². The fraction of sp³-hybridized carbons (Fsp3) is 0.556. The zero-order valence-corrected chi connectivity index (χ0v) is 15.4. The summed E-state index contributed by atoms with van der Waals surface area (Å²) in [5.74, 6) is 0.556. The Morgan fingerprint density at radius 1 is 1.15 bits per heavy atom. The molecule has 0 atom stereocenters. The Bertz CT molecular complexity index is 781. The Labute approximate surface area is 154 Å². The van der Waals surface area contributed by atoms with Crippen molar-refractivity contribution in [2.45, 2.75) is 44.9 Å². The first kappa shape index (κ1) is 17.7. The molecule has 2 aliphatic rings. The number of hydrogen-bond acceptors (Lipinski definition) is 5. The van der Waals surface area contributed by atoms with Gasteiger partial charge in [0.15, 0.2) is 0 Å². The van der Waals surface area contributed by atoms with E-state index in [1.165, 1.54) is 17.4 Å². The molecule has 0 unspecified atom stereocenters. The van der Waals surface area contributed by atoms with E-state index in [-0.39, 0.29) is 5.82 Å². The Kier molecular flexibility index (Phi) is 4.64. The lowest BCUT2D eigenvalue weighted by molar-refractivity contribution is -0.141. The lowest BCUT2D eigenvalue weighted by Crippen LogP contribution is -2.46. The number of thiophene rings is 1. The summed E-state index contributed by atoms with van der Waals surface area (Å²) < 4.78 is 39.0. The molecule has 0 spiro atoms. The van der Waals surface area contributed by atoms with Gasteiger partial charge in [0, 0.05) is 43.2 Å². The molecule has 0 aliphatic carbocycles. The maximum absolute atomic E-state index is 13.0. The first-order valence-electron chi connectivity index (χ1n) is 8.87. The summed E-state index contributed by atoms with van der Waals surface area (Å²) in [6.45, 7) is 5.03. The molecule has 4 rings (SSSR count). The molecule has 0 saturated carbocycles. The number of anilines is 1. The molecule has 4 nitrogen and oxygen atoms in total. The van der Waals surface area contributed by atoms with Crippen LogP contribution in [0.4, 0.5) is 19.0 Å². The number of rotatable bonds is 2. The van der Waals surface area contributed by atoms with Crippen LogP contribution in [-0.2, 0) is 19.1 Å². The summed E-state index contributed by atoms with van der Waals surface area (Å²) in [7, 11) is 0. The van der Waals surface area contributed by atoms with Gasteiger partial charge in [-0.25, -0.2) is 9.97 Å². The van der Waals surface area contributed by atoms with Crippen molar-refractivity contribution in [1.82, 2.24) is 14.9 Å². The van der Waals surface area contributed by atoms with Crippen molar-refractivity contribution in [3.63, 3.8) is 0 Å². The van der Waals surface area contributed by atoms with Crippen LogP contribution < -0.4 is 4.90 Å². The Hall–Kier alpha value is -1.67. The summed E-state index contributed by atoms with van der Waals surface area (Å²) in [6.07, 6.45) is -1.44. The molecule has 0 N–H and O–H groups in total. The predicted octanol–water partition coefficient (Wildman–Crippen LogP) is 3.89. The van der Waals surface area contributed by atoms with Gasteiger partial charge in [0.25, 0.3) is 0 Å². The average Bonchev–Trinajstić information content (AvgIpc) is 3.08. The minimum Gasteiger partial charge on any atom is -0.356 e.